The summed E-state index contributed by atoms with van der Waals surface area (Å²) in [5.41, 5.74) is 6.77. The van der Waals surface area contributed by atoms with Gasteiger partial charge in [-0.15, -0.1) is 0 Å². The van der Waals surface area contributed by atoms with Crippen LogP contribution in [0.4, 0.5) is 0 Å². The molecule has 18 heavy (non-hydrogen) atoms. The van der Waals surface area contributed by atoms with Gasteiger partial charge >= 0.3 is 0 Å². The standard InChI is InChI=1S/C15H24BrNO/c1-2-3-4-5-6-7-11-18-15-13(12-17)9-8-10-14(15)16/h8-10H,2-7,11-12,17H2,1H3. The lowest BCUT2D eigenvalue weighted by atomic mass is 10.1. The summed E-state index contributed by atoms with van der Waals surface area (Å²) in [4.78, 5) is 0. The molecule has 1 aromatic carbocycles. The van der Waals surface area contributed by atoms with Gasteiger partial charge in [-0.1, -0.05) is 51.2 Å². The van der Waals surface area contributed by atoms with Crippen molar-refractivity contribution in [2.45, 2.75) is 52.0 Å². The summed E-state index contributed by atoms with van der Waals surface area (Å²) in [5, 5.41) is 0. The number of hydrogen-bond donors (Lipinski definition) is 1. The molecular weight excluding hydrogens is 290 g/mol. The molecular formula is C15H24BrNO. The predicted molar refractivity (Wildman–Crippen MR) is 80.9 cm³/mol. The third kappa shape index (κ3) is 5.40. The number of hydrogen-bond acceptors (Lipinski definition) is 2. The lowest BCUT2D eigenvalue weighted by Gasteiger charge is -2.12. The normalized spacial score (nSPS) is 10.6. The van der Waals surface area contributed by atoms with Crippen LogP contribution in [0.1, 0.15) is 51.0 Å². The Hall–Kier alpha value is -0.540. The van der Waals surface area contributed by atoms with Gasteiger partial charge < -0.3 is 10.5 Å². The number of para-hydroxylation sites is 1. The molecule has 0 fully saturated rings. The van der Waals surface area contributed by atoms with E-state index >= 15 is 0 Å². The van der Waals surface area contributed by atoms with E-state index in [1.165, 1.54) is 32.1 Å². The molecule has 0 radical (unpaired) electrons. The average molecular weight is 314 g/mol. The predicted octanol–water partition coefficient (Wildman–Crippen LogP) is 4.65. The molecule has 102 valence electrons. The van der Waals surface area contributed by atoms with Crippen molar-refractivity contribution in [3.8, 4) is 5.75 Å². The van der Waals surface area contributed by atoms with Gasteiger partial charge in [0.25, 0.3) is 0 Å². The molecule has 0 aliphatic heterocycles. The molecule has 1 aromatic rings. The van der Waals surface area contributed by atoms with E-state index in [2.05, 4.69) is 22.9 Å². The molecule has 0 aliphatic rings. The second kappa shape index (κ2) is 9.40. The Labute approximate surface area is 119 Å². The Morgan fingerprint density at radius 2 is 1.83 bits per heavy atom. The molecule has 2 N–H and O–H groups in total. The molecule has 2 nitrogen and oxygen atoms in total. The van der Waals surface area contributed by atoms with Crippen LogP contribution in [0.15, 0.2) is 22.7 Å². The molecule has 3 heteroatoms. The lowest BCUT2D eigenvalue weighted by Crippen LogP contribution is -2.04. The maximum absolute atomic E-state index is 5.84. The van der Waals surface area contributed by atoms with Crippen LogP contribution in [0.2, 0.25) is 0 Å². The molecule has 1 rings (SSSR count). The van der Waals surface area contributed by atoms with Gasteiger partial charge in [-0.3, -0.25) is 0 Å². The van der Waals surface area contributed by atoms with Gasteiger partial charge in [-0.25, -0.2) is 0 Å². The topological polar surface area (TPSA) is 35.2 Å². The Morgan fingerprint density at radius 3 is 2.56 bits per heavy atom. The van der Waals surface area contributed by atoms with Crippen molar-refractivity contribution < 1.29 is 4.74 Å². The highest BCUT2D eigenvalue weighted by Gasteiger charge is 2.06. The number of unbranched alkanes of at least 4 members (excludes halogenated alkanes) is 5. The van der Waals surface area contributed by atoms with Crippen LogP contribution in [0.5, 0.6) is 5.75 Å². The highest BCUT2D eigenvalue weighted by atomic mass is 79.9. The van der Waals surface area contributed by atoms with E-state index in [1.54, 1.807) is 0 Å². The highest BCUT2D eigenvalue weighted by Crippen LogP contribution is 2.29. The van der Waals surface area contributed by atoms with E-state index in [0.717, 1.165) is 28.8 Å². The van der Waals surface area contributed by atoms with Crippen molar-refractivity contribution >= 4 is 15.9 Å². The second-order valence-corrected chi connectivity index (χ2v) is 5.40. The van der Waals surface area contributed by atoms with E-state index in [-0.39, 0.29) is 0 Å². The molecule has 0 bridgehead atoms. The fourth-order valence-corrected chi connectivity index (χ4v) is 2.45. The first kappa shape index (κ1) is 15.5. The fraction of sp³-hybridized carbons (Fsp3) is 0.600. The molecule has 0 aromatic heterocycles. The molecule has 0 saturated heterocycles. The molecule has 0 atom stereocenters. The van der Waals surface area contributed by atoms with Crippen LogP contribution in [0, 0.1) is 0 Å². The van der Waals surface area contributed by atoms with Crippen molar-refractivity contribution in [3.05, 3.63) is 28.2 Å². The highest BCUT2D eigenvalue weighted by molar-refractivity contribution is 9.10. The van der Waals surface area contributed by atoms with Gasteiger partial charge in [0.2, 0.25) is 0 Å². The van der Waals surface area contributed by atoms with Crippen LogP contribution >= 0.6 is 15.9 Å². The van der Waals surface area contributed by atoms with Crippen LogP contribution in [0.25, 0.3) is 0 Å². The first-order valence-electron chi connectivity index (χ1n) is 6.89. The lowest BCUT2D eigenvalue weighted by molar-refractivity contribution is 0.299. The minimum atomic E-state index is 0.519. The molecule has 0 unspecified atom stereocenters. The number of ether oxygens (including phenoxy) is 1. The summed E-state index contributed by atoms with van der Waals surface area (Å²) in [6.45, 7) is 3.54. The Kier molecular flexibility index (Phi) is 8.10. The van der Waals surface area contributed by atoms with Crippen LogP contribution in [-0.4, -0.2) is 6.61 Å². The zero-order valence-corrected chi connectivity index (χ0v) is 12.8. The Morgan fingerprint density at radius 1 is 1.11 bits per heavy atom. The van der Waals surface area contributed by atoms with E-state index in [9.17, 15) is 0 Å². The smallest absolute Gasteiger partial charge is 0.137 e. The summed E-state index contributed by atoms with van der Waals surface area (Å²) in [5.74, 6) is 0.911. The molecule has 0 spiro atoms. The van der Waals surface area contributed by atoms with Crippen molar-refractivity contribution in [2.75, 3.05) is 6.61 Å². The Bertz CT molecular complexity index is 341. The van der Waals surface area contributed by atoms with E-state index in [1.807, 2.05) is 18.2 Å². The zero-order valence-electron chi connectivity index (χ0n) is 11.3. The minimum absolute atomic E-state index is 0.519. The van der Waals surface area contributed by atoms with Gasteiger partial charge in [0.05, 0.1) is 11.1 Å². The molecule has 0 aliphatic carbocycles. The van der Waals surface area contributed by atoms with Crippen LogP contribution in [0.3, 0.4) is 0 Å². The second-order valence-electron chi connectivity index (χ2n) is 4.55. The molecule has 0 amide bonds. The van der Waals surface area contributed by atoms with Crippen molar-refractivity contribution in [3.63, 3.8) is 0 Å². The Balaban J connectivity index is 2.26. The van der Waals surface area contributed by atoms with Crippen LogP contribution in [-0.2, 0) is 6.54 Å². The van der Waals surface area contributed by atoms with Gasteiger partial charge in [0.15, 0.2) is 0 Å². The zero-order chi connectivity index (χ0) is 13.2. The summed E-state index contributed by atoms with van der Waals surface area (Å²) < 4.78 is 6.84. The summed E-state index contributed by atoms with van der Waals surface area (Å²) in [6.07, 6.45) is 7.68. The first-order valence-corrected chi connectivity index (χ1v) is 7.69. The van der Waals surface area contributed by atoms with E-state index in [0.29, 0.717) is 6.54 Å². The first-order chi connectivity index (χ1) is 8.79. The quantitative estimate of drug-likeness (QED) is 0.674. The van der Waals surface area contributed by atoms with E-state index < -0.39 is 0 Å². The third-order valence-corrected chi connectivity index (χ3v) is 3.64. The monoisotopic (exact) mass is 313 g/mol. The third-order valence-electron chi connectivity index (χ3n) is 3.01. The average Bonchev–Trinajstić information content (AvgIpc) is 2.39. The molecule has 0 saturated carbocycles. The van der Waals surface area contributed by atoms with Gasteiger partial charge in [0, 0.05) is 12.1 Å². The number of benzene rings is 1. The van der Waals surface area contributed by atoms with Crippen molar-refractivity contribution in [1.29, 1.82) is 0 Å². The maximum atomic E-state index is 5.84. The maximum Gasteiger partial charge on any atom is 0.137 e. The van der Waals surface area contributed by atoms with Crippen molar-refractivity contribution in [1.82, 2.24) is 0 Å². The van der Waals surface area contributed by atoms with Crippen LogP contribution < -0.4 is 10.5 Å². The van der Waals surface area contributed by atoms with Crippen molar-refractivity contribution in [2.24, 2.45) is 5.73 Å². The van der Waals surface area contributed by atoms with Gasteiger partial charge in [0.1, 0.15) is 5.75 Å². The number of rotatable bonds is 9. The van der Waals surface area contributed by atoms with Gasteiger partial charge in [-0.2, -0.15) is 0 Å². The minimum Gasteiger partial charge on any atom is -0.492 e. The summed E-state index contributed by atoms with van der Waals surface area (Å²) >= 11 is 3.51. The number of nitrogens with two attached hydrogens (primary N) is 1. The number of halogens is 1. The SMILES string of the molecule is CCCCCCCCOc1c(Br)cccc1CN. The van der Waals surface area contributed by atoms with Gasteiger partial charge in [-0.05, 0) is 28.4 Å². The van der Waals surface area contributed by atoms with E-state index in [4.69, 9.17) is 10.5 Å². The summed E-state index contributed by atoms with van der Waals surface area (Å²) in [7, 11) is 0. The largest absolute Gasteiger partial charge is 0.492 e. The molecule has 0 heterocycles. The summed E-state index contributed by atoms with van der Waals surface area (Å²) in [6, 6.07) is 6.00. The fourth-order valence-electron chi connectivity index (χ4n) is 1.93.